The summed E-state index contributed by atoms with van der Waals surface area (Å²) in [6.45, 7) is 4.76. The average molecular weight is 243 g/mol. The Hall–Kier alpha value is -1.59. The smallest absolute Gasteiger partial charge is 0.408 e. The number of hydrogen-bond acceptors (Lipinski definition) is 5. The van der Waals surface area contributed by atoms with E-state index in [0.717, 1.165) is 12.8 Å². The largest absolute Gasteiger partial charge is 0.444 e. The van der Waals surface area contributed by atoms with E-state index in [4.69, 9.17) is 4.74 Å². The van der Waals surface area contributed by atoms with Crippen LogP contribution in [0.5, 0.6) is 0 Å². The molecule has 0 aromatic heterocycles. The number of carbonyl (C=O) groups is 3. The average Bonchev–Trinajstić information content (AvgIpc) is 2.94. The number of hydrogen-bond donors (Lipinski definition) is 1. The highest BCUT2D eigenvalue weighted by molar-refractivity contribution is 5.89. The van der Waals surface area contributed by atoms with Crippen LogP contribution in [0.3, 0.4) is 0 Å². The standard InChI is InChI=1S/C11H17NO5/c1-11(2,3)17-10(15)12-6-8(13)16-9(14)7-4-5-7/h7H,4-6H2,1-3H3,(H,12,15). The molecule has 17 heavy (non-hydrogen) atoms. The van der Waals surface area contributed by atoms with Gasteiger partial charge in [-0.2, -0.15) is 0 Å². The van der Waals surface area contributed by atoms with Crippen LogP contribution >= 0.6 is 0 Å². The van der Waals surface area contributed by atoms with Gasteiger partial charge >= 0.3 is 18.0 Å². The summed E-state index contributed by atoms with van der Waals surface area (Å²) in [4.78, 5) is 33.4. The van der Waals surface area contributed by atoms with Crippen molar-refractivity contribution >= 4 is 18.0 Å². The lowest BCUT2D eigenvalue weighted by atomic mass is 10.2. The minimum absolute atomic E-state index is 0.138. The molecule has 0 heterocycles. The first-order valence-corrected chi connectivity index (χ1v) is 5.49. The zero-order valence-corrected chi connectivity index (χ0v) is 10.2. The maximum absolute atomic E-state index is 11.2. The second-order valence-electron chi connectivity index (χ2n) is 4.92. The number of rotatable bonds is 3. The molecular weight excluding hydrogens is 226 g/mol. The highest BCUT2D eigenvalue weighted by Crippen LogP contribution is 2.29. The fourth-order valence-electron chi connectivity index (χ4n) is 1.01. The number of carbonyl (C=O) groups excluding carboxylic acids is 3. The molecule has 1 rings (SSSR count). The Kier molecular flexibility index (Phi) is 4.09. The van der Waals surface area contributed by atoms with Crippen LogP contribution in [0.4, 0.5) is 4.79 Å². The summed E-state index contributed by atoms with van der Waals surface area (Å²) in [6.07, 6.45) is 0.824. The monoisotopic (exact) mass is 243 g/mol. The van der Waals surface area contributed by atoms with Crippen LogP contribution in [0.25, 0.3) is 0 Å². The summed E-state index contributed by atoms with van der Waals surface area (Å²) in [6, 6.07) is 0. The maximum Gasteiger partial charge on any atom is 0.408 e. The third-order valence-corrected chi connectivity index (χ3v) is 1.90. The van der Waals surface area contributed by atoms with Crippen molar-refractivity contribution in [3.63, 3.8) is 0 Å². The van der Waals surface area contributed by atoms with Crippen molar-refractivity contribution in [2.24, 2.45) is 5.92 Å². The lowest BCUT2D eigenvalue weighted by molar-refractivity contribution is -0.159. The number of ether oxygens (including phenoxy) is 2. The summed E-state index contributed by atoms with van der Waals surface area (Å²) in [7, 11) is 0. The van der Waals surface area contributed by atoms with Gasteiger partial charge in [0.1, 0.15) is 12.1 Å². The molecule has 0 bridgehead atoms. The first kappa shape index (κ1) is 13.5. The lowest BCUT2D eigenvalue weighted by Crippen LogP contribution is -2.36. The lowest BCUT2D eigenvalue weighted by Gasteiger charge is -2.19. The second kappa shape index (κ2) is 5.16. The zero-order chi connectivity index (χ0) is 13.1. The minimum atomic E-state index is -0.771. The van der Waals surface area contributed by atoms with E-state index in [-0.39, 0.29) is 12.5 Å². The Morgan fingerprint density at radius 3 is 2.29 bits per heavy atom. The first-order valence-electron chi connectivity index (χ1n) is 5.49. The molecular formula is C11H17NO5. The van der Waals surface area contributed by atoms with E-state index in [2.05, 4.69) is 10.1 Å². The van der Waals surface area contributed by atoms with Gasteiger partial charge in [0, 0.05) is 0 Å². The van der Waals surface area contributed by atoms with Crippen molar-refractivity contribution < 1.29 is 23.9 Å². The molecule has 1 aliphatic carbocycles. The molecule has 1 aliphatic rings. The van der Waals surface area contributed by atoms with E-state index in [9.17, 15) is 14.4 Å². The van der Waals surface area contributed by atoms with E-state index in [0.29, 0.717) is 0 Å². The number of esters is 2. The highest BCUT2D eigenvalue weighted by atomic mass is 16.6. The Balaban J connectivity index is 2.18. The highest BCUT2D eigenvalue weighted by Gasteiger charge is 2.32. The van der Waals surface area contributed by atoms with Gasteiger partial charge in [0.15, 0.2) is 0 Å². The van der Waals surface area contributed by atoms with Gasteiger partial charge in [-0.1, -0.05) is 0 Å². The van der Waals surface area contributed by atoms with E-state index >= 15 is 0 Å². The zero-order valence-electron chi connectivity index (χ0n) is 10.2. The van der Waals surface area contributed by atoms with Crippen molar-refractivity contribution in [3.05, 3.63) is 0 Å². The van der Waals surface area contributed by atoms with Gasteiger partial charge in [-0.3, -0.25) is 4.79 Å². The quantitative estimate of drug-likeness (QED) is 0.590. The Morgan fingerprint density at radius 1 is 1.24 bits per heavy atom. The first-order chi connectivity index (χ1) is 7.78. The van der Waals surface area contributed by atoms with Crippen LogP contribution in [0.2, 0.25) is 0 Å². The molecule has 0 aromatic rings. The molecule has 1 amide bonds. The molecule has 6 nitrogen and oxygen atoms in total. The fourth-order valence-corrected chi connectivity index (χ4v) is 1.01. The number of alkyl carbamates (subject to hydrolysis) is 1. The van der Waals surface area contributed by atoms with Crippen LogP contribution in [0.15, 0.2) is 0 Å². The summed E-state index contributed by atoms with van der Waals surface area (Å²) < 4.78 is 9.42. The molecule has 1 N–H and O–H groups in total. The van der Waals surface area contributed by atoms with Crippen LogP contribution < -0.4 is 5.32 Å². The Morgan fingerprint density at radius 2 is 1.82 bits per heavy atom. The molecule has 1 saturated carbocycles. The predicted octanol–water partition coefficient (Wildman–Crippen LogP) is 0.991. The van der Waals surface area contributed by atoms with Gasteiger partial charge < -0.3 is 14.8 Å². The normalized spacial score (nSPS) is 15.0. The van der Waals surface area contributed by atoms with Crippen LogP contribution in [0.1, 0.15) is 33.6 Å². The topological polar surface area (TPSA) is 81.7 Å². The molecule has 6 heteroatoms. The molecule has 0 radical (unpaired) electrons. The molecule has 0 aromatic carbocycles. The molecule has 0 atom stereocenters. The molecule has 0 saturated heterocycles. The minimum Gasteiger partial charge on any atom is -0.444 e. The molecule has 0 spiro atoms. The van der Waals surface area contributed by atoms with Crippen LogP contribution in [0, 0.1) is 5.92 Å². The van der Waals surface area contributed by atoms with E-state index in [1.54, 1.807) is 20.8 Å². The van der Waals surface area contributed by atoms with Gasteiger partial charge in [-0.15, -0.1) is 0 Å². The van der Waals surface area contributed by atoms with Gasteiger partial charge in [-0.25, -0.2) is 9.59 Å². The second-order valence-corrected chi connectivity index (χ2v) is 4.92. The van der Waals surface area contributed by atoms with Gasteiger partial charge in [0.2, 0.25) is 0 Å². The van der Waals surface area contributed by atoms with Gasteiger partial charge in [-0.05, 0) is 33.6 Å². The van der Waals surface area contributed by atoms with E-state index < -0.39 is 23.6 Å². The number of amides is 1. The third kappa shape index (κ3) is 5.89. The maximum atomic E-state index is 11.2. The third-order valence-electron chi connectivity index (χ3n) is 1.90. The van der Waals surface area contributed by atoms with Crippen LogP contribution in [-0.4, -0.2) is 30.2 Å². The fraction of sp³-hybridized carbons (Fsp3) is 0.727. The van der Waals surface area contributed by atoms with Crippen molar-refractivity contribution in [3.8, 4) is 0 Å². The Labute approximate surface area is 99.6 Å². The van der Waals surface area contributed by atoms with E-state index in [1.807, 2.05) is 0 Å². The molecule has 1 fully saturated rings. The predicted molar refractivity (Wildman–Crippen MR) is 58.1 cm³/mol. The number of nitrogens with one attached hydrogen (secondary N) is 1. The van der Waals surface area contributed by atoms with E-state index in [1.165, 1.54) is 0 Å². The van der Waals surface area contributed by atoms with Gasteiger partial charge in [0.05, 0.1) is 5.92 Å². The summed E-state index contributed by atoms with van der Waals surface area (Å²) in [5.74, 6) is -1.42. The van der Waals surface area contributed by atoms with Crippen molar-refractivity contribution in [1.82, 2.24) is 5.32 Å². The summed E-state index contributed by atoms with van der Waals surface area (Å²) in [5, 5.41) is 2.22. The van der Waals surface area contributed by atoms with Gasteiger partial charge in [0.25, 0.3) is 0 Å². The molecule has 0 unspecified atom stereocenters. The summed E-state index contributed by atoms with van der Waals surface area (Å²) >= 11 is 0. The SMILES string of the molecule is CC(C)(C)OC(=O)NCC(=O)OC(=O)C1CC1. The Bertz CT molecular complexity index is 327. The van der Waals surface area contributed by atoms with Crippen molar-refractivity contribution in [2.75, 3.05) is 6.54 Å². The van der Waals surface area contributed by atoms with Crippen LogP contribution in [-0.2, 0) is 19.1 Å². The summed E-state index contributed by atoms with van der Waals surface area (Å²) in [5.41, 5.74) is -0.627. The molecule has 0 aliphatic heterocycles. The molecule has 96 valence electrons. The van der Waals surface area contributed by atoms with Crippen molar-refractivity contribution in [2.45, 2.75) is 39.2 Å². The van der Waals surface area contributed by atoms with Crippen molar-refractivity contribution in [1.29, 1.82) is 0 Å².